The smallest absolute Gasteiger partial charge is 0.336 e. The van der Waals surface area contributed by atoms with Gasteiger partial charge in [-0.2, -0.15) is 0 Å². The fourth-order valence-corrected chi connectivity index (χ4v) is 3.05. The summed E-state index contributed by atoms with van der Waals surface area (Å²) in [7, 11) is 1.60. The van der Waals surface area contributed by atoms with Crippen molar-refractivity contribution in [3.8, 4) is 11.5 Å². The number of nitrogens with one attached hydrogen (secondary N) is 1. The summed E-state index contributed by atoms with van der Waals surface area (Å²) in [6, 6.07) is 18.8. The van der Waals surface area contributed by atoms with Crippen LogP contribution in [0.1, 0.15) is 31.8 Å². The summed E-state index contributed by atoms with van der Waals surface area (Å²) in [5.74, 6) is -0.259. The summed E-state index contributed by atoms with van der Waals surface area (Å²) in [4.78, 5) is 23.9. The molecule has 3 aromatic rings. The monoisotopic (exact) mass is 425 g/mol. The van der Waals surface area contributed by atoms with Crippen LogP contribution in [0.25, 0.3) is 0 Å². The number of amides is 1. The summed E-state index contributed by atoms with van der Waals surface area (Å²) in [6.07, 6.45) is 0. The van der Waals surface area contributed by atoms with Crippen LogP contribution in [0.15, 0.2) is 66.7 Å². The number of methoxy groups -OCH3 is 1. The van der Waals surface area contributed by atoms with Gasteiger partial charge in [-0.1, -0.05) is 41.9 Å². The van der Waals surface area contributed by atoms with Gasteiger partial charge in [0.2, 0.25) is 0 Å². The van der Waals surface area contributed by atoms with E-state index >= 15 is 0 Å². The molecule has 0 fully saturated rings. The van der Waals surface area contributed by atoms with Crippen LogP contribution in [-0.2, 0) is 13.2 Å². The Kier molecular flexibility index (Phi) is 6.93. The van der Waals surface area contributed by atoms with Crippen molar-refractivity contribution in [1.29, 1.82) is 0 Å². The van der Waals surface area contributed by atoms with Crippen molar-refractivity contribution in [3.05, 3.63) is 94.0 Å². The Labute approximate surface area is 179 Å². The molecule has 0 unspecified atom stereocenters. The van der Waals surface area contributed by atoms with E-state index in [1.165, 1.54) is 6.07 Å². The van der Waals surface area contributed by atoms with Gasteiger partial charge in [0.1, 0.15) is 18.1 Å². The van der Waals surface area contributed by atoms with E-state index in [1.54, 1.807) is 43.5 Å². The van der Waals surface area contributed by atoms with Crippen LogP contribution in [-0.4, -0.2) is 24.1 Å². The van der Waals surface area contributed by atoms with Crippen LogP contribution >= 0.6 is 11.6 Å². The highest BCUT2D eigenvalue weighted by Gasteiger charge is 2.14. The van der Waals surface area contributed by atoms with E-state index in [0.717, 1.165) is 11.3 Å². The lowest BCUT2D eigenvalue weighted by Gasteiger charge is -2.12. The summed E-state index contributed by atoms with van der Waals surface area (Å²) in [5.41, 5.74) is 1.80. The molecule has 0 aliphatic heterocycles. The van der Waals surface area contributed by atoms with Crippen molar-refractivity contribution in [2.24, 2.45) is 0 Å². The molecule has 0 heterocycles. The van der Waals surface area contributed by atoms with Crippen LogP contribution in [0, 0.1) is 0 Å². The van der Waals surface area contributed by atoms with Gasteiger partial charge in [0.15, 0.2) is 0 Å². The zero-order valence-electron chi connectivity index (χ0n) is 16.2. The number of benzene rings is 3. The molecule has 0 aliphatic rings. The summed E-state index contributed by atoms with van der Waals surface area (Å²) in [5, 5.41) is 12.2. The Morgan fingerprint density at radius 3 is 2.53 bits per heavy atom. The molecule has 30 heavy (non-hydrogen) atoms. The molecule has 0 aliphatic carbocycles. The Bertz CT molecular complexity index is 1070. The second-order valence-electron chi connectivity index (χ2n) is 6.43. The molecule has 0 radical (unpaired) electrons. The maximum absolute atomic E-state index is 12.6. The molecular formula is C23H20ClNO5. The predicted octanol–water partition coefficient (Wildman–Crippen LogP) is 4.56. The SMILES string of the molecule is COc1cccc(COc2ccc(Cl)c(C(=O)NCc3ccccc3C(=O)O)c2)c1. The van der Waals surface area contributed by atoms with Crippen LogP contribution in [0.4, 0.5) is 0 Å². The molecule has 2 N–H and O–H groups in total. The maximum Gasteiger partial charge on any atom is 0.336 e. The van der Waals surface area contributed by atoms with Crippen molar-refractivity contribution in [2.75, 3.05) is 7.11 Å². The molecule has 0 saturated heterocycles. The van der Waals surface area contributed by atoms with E-state index in [9.17, 15) is 14.7 Å². The molecule has 7 heteroatoms. The molecule has 3 rings (SSSR count). The number of ether oxygens (including phenoxy) is 2. The minimum absolute atomic E-state index is 0.0620. The number of aromatic carboxylic acids is 1. The van der Waals surface area contributed by atoms with Gasteiger partial charge in [-0.15, -0.1) is 0 Å². The Morgan fingerprint density at radius 1 is 0.967 bits per heavy atom. The third kappa shape index (κ3) is 5.30. The van der Waals surface area contributed by atoms with E-state index in [2.05, 4.69) is 5.32 Å². The number of carbonyl (C=O) groups excluding carboxylic acids is 1. The standard InChI is InChI=1S/C23H20ClNO5/c1-29-17-7-4-5-15(11-17)14-30-18-9-10-21(24)20(12-18)22(26)25-13-16-6-2-3-8-19(16)23(27)28/h2-12H,13-14H2,1H3,(H,25,26)(H,27,28). The van der Waals surface area contributed by atoms with Crippen molar-refractivity contribution in [2.45, 2.75) is 13.2 Å². The molecule has 6 nitrogen and oxygen atoms in total. The summed E-state index contributed by atoms with van der Waals surface area (Å²) in [6.45, 7) is 0.360. The molecule has 0 spiro atoms. The summed E-state index contributed by atoms with van der Waals surface area (Å²) >= 11 is 6.18. The number of carboxylic acid groups (broad SMARTS) is 1. The van der Waals surface area contributed by atoms with Crippen LogP contribution in [0.2, 0.25) is 5.02 Å². The average Bonchev–Trinajstić information content (AvgIpc) is 2.77. The third-order valence-electron chi connectivity index (χ3n) is 4.41. The zero-order chi connectivity index (χ0) is 21.5. The topological polar surface area (TPSA) is 84.9 Å². The number of halogens is 1. The lowest BCUT2D eigenvalue weighted by Crippen LogP contribution is -2.24. The number of carbonyl (C=O) groups is 2. The molecule has 0 aromatic heterocycles. The Balaban J connectivity index is 1.68. The molecule has 1 amide bonds. The van der Waals surface area contributed by atoms with Gasteiger partial charge in [0.05, 0.1) is 23.3 Å². The van der Waals surface area contributed by atoms with Crippen molar-refractivity contribution in [1.82, 2.24) is 5.32 Å². The second kappa shape index (κ2) is 9.80. The van der Waals surface area contributed by atoms with Crippen molar-refractivity contribution < 1.29 is 24.2 Å². The van der Waals surface area contributed by atoms with E-state index in [1.807, 2.05) is 24.3 Å². The van der Waals surface area contributed by atoms with E-state index in [-0.39, 0.29) is 22.7 Å². The number of hydrogen-bond donors (Lipinski definition) is 2. The highest BCUT2D eigenvalue weighted by molar-refractivity contribution is 6.33. The fraction of sp³-hybridized carbons (Fsp3) is 0.130. The van der Waals surface area contributed by atoms with Gasteiger partial charge in [0, 0.05) is 6.54 Å². The van der Waals surface area contributed by atoms with Gasteiger partial charge < -0.3 is 19.9 Å². The maximum atomic E-state index is 12.6. The van der Waals surface area contributed by atoms with Crippen LogP contribution < -0.4 is 14.8 Å². The van der Waals surface area contributed by atoms with Gasteiger partial charge in [-0.25, -0.2) is 4.79 Å². The van der Waals surface area contributed by atoms with E-state index in [4.69, 9.17) is 21.1 Å². The molecule has 0 saturated carbocycles. The summed E-state index contributed by atoms with van der Waals surface area (Å²) < 4.78 is 11.0. The number of rotatable bonds is 8. The lowest BCUT2D eigenvalue weighted by molar-refractivity contribution is 0.0694. The third-order valence-corrected chi connectivity index (χ3v) is 4.74. The van der Waals surface area contributed by atoms with Gasteiger partial charge in [-0.3, -0.25) is 4.79 Å². The predicted molar refractivity (Wildman–Crippen MR) is 113 cm³/mol. The first-order valence-electron chi connectivity index (χ1n) is 9.12. The second-order valence-corrected chi connectivity index (χ2v) is 6.83. The van der Waals surface area contributed by atoms with Gasteiger partial charge >= 0.3 is 5.97 Å². The van der Waals surface area contributed by atoms with Gasteiger partial charge in [0.25, 0.3) is 5.91 Å². The van der Waals surface area contributed by atoms with Crippen molar-refractivity contribution in [3.63, 3.8) is 0 Å². The number of hydrogen-bond acceptors (Lipinski definition) is 4. The fourth-order valence-electron chi connectivity index (χ4n) is 2.85. The quantitative estimate of drug-likeness (QED) is 0.552. The first-order valence-corrected chi connectivity index (χ1v) is 9.50. The lowest BCUT2D eigenvalue weighted by atomic mass is 10.1. The Hall–Kier alpha value is -3.51. The normalized spacial score (nSPS) is 10.3. The first kappa shape index (κ1) is 21.2. The van der Waals surface area contributed by atoms with E-state index in [0.29, 0.717) is 17.9 Å². The first-order chi connectivity index (χ1) is 14.5. The minimum Gasteiger partial charge on any atom is -0.497 e. The molecule has 3 aromatic carbocycles. The zero-order valence-corrected chi connectivity index (χ0v) is 17.0. The molecule has 0 atom stereocenters. The minimum atomic E-state index is -1.05. The Morgan fingerprint density at radius 2 is 1.77 bits per heavy atom. The van der Waals surface area contributed by atoms with Crippen LogP contribution in [0.5, 0.6) is 11.5 Å². The molecule has 154 valence electrons. The highest BCUT2D eigenvalue weighted by Crippen LogP contribution is 2.24. The largest absolute Gasteiger partial charge is 0.497 e. The number of carboxylic acids is 1. The van der Waals surface area contributed by atoms with Gasteiger partial charge in [-0.05, 0) is 47.5 Å². The van der Waals surface area contributed by atoms with E-state index < -0.39 is 11.9 Å². The molecule has 0 bridgehead atoms. The average molecular weight is 426 g/mol. The molecular weight excluding hydrogens is 406 g/mol. The van der Waals surface area contributed by atoms with Crippen molar-refractivity contribution >= 4 is 23.5 Å². The van der Waals surface area contributed by atoms with Crippen LogP contribution in [0.3, 0.4) is 0 Å². The highest BCUT2D eigenvalue weighted by atomic mass is 35.5.